The van der Waals surface area contributed by atoms with Gasteiger partial charge in [-0.1, -0.05) is 0 Å². The zero-order valence-electron chi connectivity index (χ0n) is 12.9. The topological polar surface area (TPSA) is 89.9 Å². The third-order valence-electron chi connectivity index (χ3n) is 3.34. The average Bonchev–Trinajstić information content (AvgIpc) is 3.04. The summed E-state index contributed by atoms with van der Waals surface area (Å²) in [4.78, 5) is 4.19. The molecule has 0 saturated heterocycles. The van der Waals surface area contributed by atoms with Crippen LogP contribution in [0, 0.1) is 0 Å². The molecule has 9 heteroatoms. The van der Waals surface area contributed by atoms with E-state index in [1.165, 1.54) is 12.1 Å². The fourth-order valence-corrected chi connectivity index (χ4v) is 2.14. The zero-order valence-corrected chi connectivity index (χ0v) is 12.9. The molecular formula is C16H14F3N5O. The molecule has 2 aromatic heterocycles. The van der Waals surface area contributed by atoms with Crippen LogP contribution in [0.3, 0.4) is 0 Å². The number of nitrogens with one attached hydrogen (secondary N) is 1. The van der Waals surface area contributed by atoms with Gasteiger partial charge in [0.1, 0.15) is 5.82 Å². The number of nitrogens with two attached hydrogens (primary N) is 1. The number of aromatic nitrogens is 3. The molecule has 0 aliphatic rings. The van der Waals surface area contributed by atoms with Gasteiger partial charge in [-0.05, 0) is 36.4 Å². The lowest BCUT2D eigenvalue weighted by Crippen LogP contribution is -2.04. The first-order chi connectivity index (χ1) is 12.0. The summed E-state index contributed by atoms with van der Waals surface area (Å²) in [5.41, 5.74) is 5.72. The SMILES string of the molecule is NCCc1nnc(-c2cccnc2Nc2ccc(C(F)(F)F)cc2)o1. The number of rotatable bonds is 5. The highest BCUT2D eigenvalue weighted by molar-refractivity contribution is 5.73. The number of hydrogen-bond donors (Lipinski definition) is 2. The molecule has 0 unspecified atom stereocenters. The Morgan fingerprint density at radius 3 is 2.52 bits per heavy atom. The summed E-state index contributed by atoms with van der Waals surface area (Å²) >= 11 is 0. The Labute approximate surface area is 140 Å². The number of nitrogens with zero attached hydrogens (tertiary/aromatic N) is 3. The van der Waals surface area contributed by atoms with Gasteiger partial charge in [0.15, 0.2) is 0 Å². The Balaban J connectivity index is 1.85. The van der Waals surface area contributed by atoms with Gasteiger partial charge in [0.25, 0.3) is 5.89 Å². The summed E-state index contributed by atoms with van der Waals surface area (Å²) in [6, 6.07) is 8.07. The number of pyridine rings is 1. The summed E-state index contributed by atoms with van der Waals surface area (Å²) in [7, 11) is 0. The van der Waals surface area contributed by atoms with Crippen LogP contribution < -0.4 is 11.1 Å². The van der Waals surface area contributed by atoms with Crippen molar-refractivity contribution in [2.45, 2.75) is 12.6 Å². The first-order valence-corrected chi connectivity index (χ1v) is 7.39. The highest BCUT2D eigenvalue weighted by Crippen LogP contribution is 2.31. The fourth-order valence-electron chi connectivity index (χ4n) is 2.14. The van der Waals surface area contributed by atoms with Crippen LogP contribution in [0.25, 0.3) is 11.5 Å². The number of hydrogen-bond acceptors (Lipinski definition) is 6. The molecule has 3 rings (SSSR count). The van der Waals surface area contributed by atoms with Gasteiger partial charge in [0.2, 0.25) is 5.89 Å². The molecule has 0 amide bonds. The number of alkyl halides is 3. The maximum absolute atomic E-state index is 12.6. The molecule has 3 N–H and O–H groups in total. The highest BCUT2D eigenvalue weighted by atomic mass is 19.4. The second-order valence-corrected chi connectivity index (χ2v) is 5.14. The largest absolute Gasteiger partial charge is 0.421 e. The Kier molecular flexibility index (Phi) is 4.66. The summed E-state index contributed by atoms with van der Waals surface area (Å²) in [5, 5.41) is 10.8. The van der Waals surface area contributed by atoms with Crippen LogP contribution in [0.15, 0.2) is 47.0 Å². The van der Waals surface area contributed by atoms with E-state index in [1.807, 2.05) is 0 Å². The molecule has 0 bridgehead atoms. The molecule has 0 radical (unpaired) electrons. The highest BCUT2D eigenvalue weighted by Gasteiger charge is 2.30. The predicted molar refractivity (Wildman–Crippen MR) is 85.0 cm³/mol. The van der Waals surface area contributed by atoms with Gasteiger partial charge in [-0.25, -0.2) is 4.98 Å². The Morgan fingerprint density at radius 2 is 1.84 bits per heavy atom. The summed E-state index contributed by atoms with van der Waals surface area (Å²) < 4.78 is 43.4. The summed E-state index contributed by atoms with van der Waals surface area (Å²) in [6.07, 6.45) is -2.38. The van der Waals surface area contributed by atoms with Crippen molar-refractivity contribution in [3.05, 3.63) is 54.0 Å². The van der Waals surface area contributed by atoms with Crippen molar-refractivity contribution in [3.63, 3.8) is 0 Å². The van der Waals surface area contributed by atoms with Gasteiger partial charge in [-0.15, -0.1) is 10.2 Å². The van der Waals surface area contributed by atoms with Gasteiger partial charge in [0, 0.05) is 24.8 Å². The van der Waals surface area contributed by atoms with E-state index in [-0.39, 0.29) is 5.89 Å². The van der Waals surface area contributed by atoms with Crippen molar-refractivity contribution < 1.29 is 17.6 Å². The van der Waals surface area contributed by atoms with Crippen molar-refractivity contribution in [2.24, 2.45) is 5.73 Å². The van der Waals surface area contributed by atoms with E-state index in [1.54, 1.807) is 18.3 Å². The normalized spacial score (nSPS) is 11.5. The number of anilines is 2. The summed E-state index contributed by atoms with van der Waals surface area (Å²) in [5.74, 6) is 1.05. The smallest absolute Gasteiger partial charge is 0.416 e. The van der Waals surface area contributed by atoms with Gasteiger partial charge in [-0.2, -0.15) is 13.2 Å². The molecule has 0 spiro atoms. The number of halogens is 3. The van der Waals surface area contributed by atoms with Crippen LogP contribution in [0.1, 0.15) is 11.5 Å². The van der Waals surface area contributed by atoms with E-state index < -0.39 is 11.7 Å². The van der Waals surface area contributed by atoms with Crippen LogP contribution in [0.5, 0.6) is 0 Å². The van der Waals surface area contributed by atoms with Crippen LogP contribution in [-0.2, 0) is 12.6 Å². The van der Waals surface area contributed by atoms with E-state index in [0.29, 0.717) is 35.9 Å². The van der Waals surface area contributed by atoms with Gasteiger partial charge < -0.3 is 15.5 Å². The van der Waals surface area contributed by atoms with Crippen molar-refractivity contribution >= 4 is 11.5 Å². The standard InChI is InChI=1S/C16H14F3N5O/c17-16(18,19)10-3-5-11(6-4-10)22-14-12(2-1-9-21-14)15-24-23-13(25-15)7-8-20/h1-6,9H,7-8,20H2,(H,21,22). The monoisotopic (exact) mass is 349 g/mol. The Morgan fingerprint density at radius 1 is 1.08 bits per heavy atom. The molecule has 1 aromatic carbocycles. The quantitative estimate of drug-likeness (QED) is 0.734. The fraction of sp³-hybridized carbons (Fsp3) is 0.188. The van der Waals surface area contributed by atoms with Crippen molar-refractivity contribution in [2.75, 3.05) is 11.9 Å². The molecule has 0 aliphatic heterocycles. The lowest BCUT2D eigenvalue weighted by atomic mass is 10.2. The van der Waals surface area contributed by atoms with E-state index in [9.17, 15) is 13.2 Å². The van der Waals surface area contributed by atoms with Crippen LogP contribution in [0.4, 0.5) is 24.7 Å². The van der Waals surface area contributed by atoms with E-state index in [2.05, 4.69) is 20.5 Å². The van der Waals surface area contributed by atoms with Crippen molar-refractivity contribution in [1.29, 1.82) is 0 Å². The molecular weight excluding hydrogens is 335 g/mol. The lowest BCUT2D eigenvalue weighted by molar-refractivity contribution is -0.137. The minimum absolute atomic E-state index is 0.256. The maximum Gasteiger partial charge on any atom is 0.416 e. The third kappa shape index (κ3) is 3.94. The van der Waals surface area contributed by atoms with Crippen LogP contribution in [-0.4, -0.2) is 21.7 Å². The number of benzene rings is 1. The van der Waals surface area contributed by atoms with Gasteiger partial charge >= 0.3 is 6.18 Å². The zero-order chi connectivity index (χ0) is 17.9. The lowest BCUT2D eigenvalue weighted by Gasteiger charge is -2.10. The van der Waals surface area contributed by atoms with Crippen molar-refractivity contribution in [3.8, 4) is 11.5 Å². The Bertz CT molecular complexity index is 845. The van der Waals surface area contributed by atoms with Gasteiger partial charge in [0.05, 0.1) is 11.1 Å². The van der Waals surface area contributed by atoms with Crippen LogP contribution in [0.2, 0.25) is 0 Å². The van der Waals surface area contributed by atoms with Gasteiger partial charge in [-0.3, -0.25) is 0 Å². The minimum atomic E-state index is -4.38. The Hall–Kier alpha value is -2.94. The predicted octanol–water partition coefficient (Wildman–Crippen LogP) is 3.40. The second-order valence-electron chi connectivity index (χ2n) is 5.14. The van der Waals surface area contributed by atoms with Crippen LogP contribution >= 0.6 is 0 Å². The molecule has 25 heavy (non-hydrogen) atoms. The molecule has 2 heterocycles. The minimum Gasteiger partial charge on any atom is -0.421 e. The third-order valence-corrected chi connectivity index (χ3v) is 3.34. The molecule has 0 aliphatic carbocycles. The van der Waals surface area contributed by atoms with E-state index in [0.717, 1.165) is 12.1 Å². The average molecular weight is 349 g/mol. The van der Waals surface area contributed by atoms with E-state index >= 15 is 0 Å². The molecule has 130 valence electrons. The molecule has 0 atom stereocenters. The van der Waals surface area contributed by atoms with Crippen molar-refractivity contribution in [1.82, 2.24) is 15.2 Å². The van der Waals surface area contributed by atoms with E-state index in [4.69, 9.17) is 10.2 Å². The molecule has 0 saturated carbocycles. The molecule has 0 fully saturated rings. The maximum atomic E-state index is 12.6. The summed E-state index contributed by atoms with van der Waals surface area (Å²) in [6.45, 7) is 0.380. The first-order valence-electron chi connectivity index (χ1n) is 7.39. The molecule has 3 aromatic rings. The molecule has 6 nitrogen and oxygen atoms in total. The first kappa shape index (κ1) is 16.9. The second kappa shape index (κ2) is 6.89.